The highest BCUT2D eigenvalue weighted by molar-refractivity contribution is 5.55. The van der Waals surface area contributed by atoms with Gasteiger partial charge in [0, 0.05) is 36.8 Å². The molecule has 2 aliphatic rings. The number of fused-ring (bicyclic) bond motifs is 1. The second kappa shape index (κ2) is 7.52. The van der Waals surface area contributed by atoms with Gasteiger partial charge in [-0.1, -0.05) is 18.2 Å². The van der Waals surface area contributed by atoms with Crippen molar-refractivity contribution in [2.75, 3.05) is 11.6 Å². The van der Waals surface area contributed by atoms with Crippen LogP contribution in [0.4, 0.5) is 5.69 Å². The number of hydrogen-bond acceptors (Lipinski definition) is 6. The van der Waals surface area contributed by atoms with Gasteiger partial charge in [0.25, 0.3) is 0 Å². The van der Waals surface area contributed by atoms with Gasteiger partial charge in [-0.3, -0.25) is 4.98 Å². The molecular formula is C23H18N4O2. The molecule has 0 radical (unpaired) electrons. The Morgan fingerprint density at radius 2 is 1.76 bits per heavy atom. The molecule has 4 heterocycles. The van der Waals surface area contributed by atoms with E-state index < -0.39 is 0 Å². The molecule has 5 rings (SSSR count). The molecule has 2 aliphatic heterocycles. The highest BCUT2D eigenvalue weighted by Gasteiger charge is 2.20. The van der Waals surface area contributed by atoms with Gasteiger partial charge in [-0.15, -0.1) is 0 Å². The summed E-state index contributed by atoms with van der Waals surface area (Å²) in [5.41, 5.74) is 2.12. The molecule has 6 heteroatoms. The van der Waals surface area contributed by atoms with Crippen LogP contribution in [-0.4, -0.2) is 21.5 Å². The summed E-state index contributed by atoms with van der Waals surface area (Å²) < 4.78 is 11.8. The van der Waals surface area contributed by atoms with E-state index in [0.29, 0.717) is 23.1 Å². The fourth-order valence-corrected chi connectivity index (χ4v) is 3.14. The molecule has 0 amide bonds. The number of pyridine rings is 2. The predicted octanol–water partition coefficient (Wildman–Crippen LogP) is 5.07. The molecule has 0 spiro atoms. The zero-order chi connectivity index (χ0) is 19.5. The first-order valence-electron chi connectivity index (χ1n) is 9.25. The monoisotopic (exact) mass is 382 g/mol. The summed E-state index contributed by atoms with van der Waals surface area (Å²) in [7, 11) is 0. The number of aromatic nitrogens is 2. The van der Waals surface area contributed by atoms with Crippen molar-refractivity contribution < 1.29 is 9.47 Å². The largest absolute Gasteiger partial charge is 0.456 e. The molecule has 0 saturated heterocycles. The first kappa shape index (κ1) is 17.1. The number of anilines is 1. The van der Waals surface area contributed by atoms with Gasteiger partial charge in [0.15, 0.2) is 0 Å². The lowest BCUT2D eigenvalue weighted by Gasteiger charge is -2.20. The van der Waals surface area contributed by atoms with Crippen molar-refractivity contribution >= 4 is 5.69 Å². The van der Waals surface area contributed by atoms with Crippen LogP contribution in [0.3, 0.4) is 0 Å². The van der Waals surface area contributed by atoms with Gasteiger partial charge in [0.2, 0.25) is 5.88 Å². The summed E-state index contributed by atoms with van der Waals surface area (Å²) >= 11 is 0. The normalized spacial score (nSPS) is 14.6. The number of nitrogens with zero attached hydrogens (tertiary/aromatic N) is 4. The molecule has 0 bridgehead atoms. The maximum atomic E-state index is 6.02. The van der Waals surface area contributed by atoms with Crippen LogP contribution in [0.15, 0.2) is 103 Å². The minimum Gasteiger partial charge on any atom is -0.456 e. The molecule has 2 aromatic heterocycles. The van der Waals surface area contributed by atoms with Crippen molar-refractivity contribution in [3.8, 4) is 23.1 Å². The molecular weight excluding hydrogens is 364 g/mol. The minimum atomic E-state index is 0.537. The first-order valence-corrected chi connectivity index (χ1v) is 9.25. The molecule has 29 heavy (non-hydrogen) atoms. The predicted molar refractivity (Wildman–Crippen MR) is 111 cm³/mol. The Kier molecular flexibility index (Phi) is 4.42. The summed E-state index contributed by atoms with van der Waals surface area (Å²) in [4.78, 5) is 12.8. The Bertz CT molecular complexity index is 1110. The van der Waals surface area contributed by atoms with Crippen LogP contribution in [0.2, 0.25) is 0 Å². The number of rotatable bonds is 5. The zero-order valence-electron chi connectivity index (χ0n) is 15.6. The van der Waals surface area contributed by atoms with Crippen LogP contribution >= 0.6 is 0 Å². The SMILES string of the molecule is C1=CC2=CN(c3cncc(Oc4cccc(Oc5ccccn5)c4)c3)CN2C=C1. The van der Waals surface area contributed by atoms with Crippen LogP contribution < -0.4 is 14.4 Å². The number of ether oxygens (including phenoxy) is 2. The van der Waals surface area contributed by atoms with Gasteiger partial charge in [0.05, 0.1) is 30.4 Å². The maximum Gasteiger partial charge on any atom is 0.219 e. The van der Waals surface area contributed by atoms with Gasteiger partial charge in [-0.25, -0.2) is 4.98 Å². The van der Waals surface area contributed by atoms with Crippen LogP contribution in [0, 0.1) is 0 Å². The lowest BCUT2D eigenvalue weighted by Crippen LogP contribution is -2.22. The van der Waals surface area contributed by atoms with E-state index in [2.05, 4.69) is 38.2 Å². The lowest BCUT2D eigenvalue weighted by atomic mass is 10.3. The Labute approximate surface area is 168 Å². The van der Waals surface area contributed by atoms with E-state index >= 15 is 0 Å². The van der Waals surface area contributed by atoms with Crippen molar-refractivity contribution in [2.45, 2.75) is 0 Å². The standard InChI is InChI=1S/C23H18N4O2/c1-3-10-25-23(9-1)29-21-8-5-7-20(13-21)28-22-12-19(14-24-15-22)27-16-18-6-2-4-11-26(18)17-27/h1-16H,17H2. The third-order valence-electron chi connectivity index (χ3n) is 4.50. The Balaban J connectivity index is 1.32. The van der Waals surface area contributed by atoms with Crippen molar-refractivity contribution in [1.29, 1.82) is 0 Å². The van der Waals surface area contributed by atoms with E-state index in [1.807, 2.05) is 66.9 Å². The first-order chi connectivity index (χ1) is 14.3. The van der Waals surface area contributed by atoms with Gasteiger partial charge in [-0.2, -0.15) is 0 Å². The van der Waals surface area contributed by atoms with Crippen molar-refractivity contribution in [1.82, 2.24) is 14.9 Å². The second-order valence-electron chi connectivity index (χ2n) is 6.56. The summed E-state index contributed by atoms with van der Waals surface area (Å²) in [6.07, 6.45) is 15.5. The van der Waals surface area contributed by atoms with Gasteiger partial charge >= 0.3 is 0 Å². The van der Waals surface area contributed by atoms with Crippen molar-refractivity contribution in [3.05, 3.63) is 103 Å². The summed E-state index contributed by atoms with van der Waals surface area (Å²) in [6, 6.07) is 15.0. The molecule has 0 aliphatic carbocycles. The lowest BCUT2D eigenvalue weighted by molar-refractivity contribution is 0.448. The molecule has 0 unspecified atom stereocenters. The average Bonchev–Trinajstić information content (AvgIpc) is 3.19. The van der Waals surface area contributed by atoms with E-state index in [1.165, 1.54) is 0 Å². The summed E-state index contributed by atoms with van der Waals surface area (Å²) in [6.45, 7) is 0.745. The molecule has 142 valence electrons. The van der Waals surface area contributed by atoms with E-state index in [-0.39, 0.29) is 0 Å². The van der Waals surface area contributed by atoms with Crippen LogP contribution in [0.25, 0.3) is 0 Å². The number of benzene rings is 1. The third kappa shape index (κ3) is 3.82. The molecule has 0 fully saturated rings. The van der Waals surface area contributed by atoms with Crippen LogP contribution in [0.1, 0.15) is 0 Å². The zero-order valence-corrected chi connectivity index (χ0v) is 15.6. The van der Waals surface area contributed by atoms with Gasteiger partial charge in [-0.05, 0) is 30.4 Å². The Hall–Kier alpha value is -4.06. The third-order valence-corrected chi connectivity index (χ3v) is 4.50. The fraction of sp³-hybridized carbons (Fsp3) is 0.0435. The quantitative estimate of drug-likeness (QED) is 0.614. The summed E-state index contributed by atoms with van der Waals surface area (Å²) in [5, 5.41) is 0. The number of hydrogen-bond donors (Lipinski definition) is 0. The topological polar surface area (TPSA) is 50.7 Å². The Morgan fingerprint density at radius 1 is 0.828 bits per heavy atom. The highest BCUT2D eigenvalue weighted by atomic mass is 16.5. The molecule has 6 nitrogen and oxygen atoms in total. The highest BCUT2D eigenvalue weighted by Crippen LogP contribution is 2.31. The minimum absolute atomic E-state index is 0.537. The van der Waals surface area contributed by atoms with Crippen molar-refractivity contribution in [3.63, 3.8) is 0 Å². The van der Waals surface area contributed by atoms with E-state index in [4.69, 9.17) is 9.47 Å². The van der Waals surface area contributed by atoms with Gasteiger partial charge in [0.1, 0.15) is 17.2 Å². The van der Waals surface area contributed by atoms with Crippen LogP contribution in [-0.2, 0) is 0 Å². The van der Waals surface area contributed by atoms with E-state index in [0.717, 1.165) is 18.1 Å². The second-order valence-corrected chi connectivity index (χ2v) is 6.56. The molecule has 3 aromatic rings. The van der Waals surface area contributed by atoms with Crippen molar-refractivity contribution in [2.24, 2.45) is 0 Å². The average molecular weight is 382 g/mol. The molecule has 0 saturated carbocycles. The Morgan fingerprint density at radius 3 is 2.62 bits per heavy atom. The molecule has 1 aromatic carbocycles. The van der Waals surface area contributed by atoms with Gasteiger partial charge < -0.3 is 19.3 Å². The number of allylic oxidation sites excluding steroid dienone is 3. The fourth-order valence-electron chi connectivity index (χ4n) is 3.14. The maximum absolute atomic E-state index is 6.02. The van der Waals surface area contributed by atoms with E-state index in [1.54, 1.807) is 12.4 Å². The van der Waals surface area contributed by atoms with E-state index in [9.17, 15) is 0 Å². The molecule has 0 atom stereocenters. The summed E-state index contributed by atoms with van der Waals surface area (Å²) in [5.74, 6) is 2.52. The molecule has 0 N–H and O–H groups in total. The smallest absolute Gasteiger partial charge is 0.219 e. The van der Waals surface area contributed by atoms with Crippen LogP contribution in [0.5, 0.6) is 23.1 Å².